The normalized spacial score (nSPS) is 20.9. The summed E-state index contributed by atoms with van der Waals surface area (Å²) in [6.45, 7) is 0. The lowest BCUT2D eigenvalue weighted by molar-refractivity contribution is -0.150. The van der Waals surface area contributed by atoms with Gasteiger partial charge in [-0.2, -0.15) is 11.8 Å². The second-order valence-corrected chi connectivity index (χ2v) is 5.58. The van der Waals surface area contributed by atoms with Crippen molar-refractivity contribution in [3.05, 3.63) is 0 Å². The van der Waals surface area contributed by atoms with E-state index in [1.165, 1.54) is 12.8 Å². The summed E-state index contributed by atoms with van der Waals surface area (Å²) in [5.41, 5.74) is -0.383. The Hall–Kier alpha value is -0.180. The first-order valence-corrected chi connectivity index (χ1v) is 7.33. The Balaban J connectivity index is 2.55. The molecule has 0 aromatic rings. The van der Waals surface area contributed by atoms with Gasteiger partial charge in [0.1, 0.15) is 0 Å². The molecule has 0 spiro atoms. The molecule has 0 radical (unpaired) electrons. The molecule has 1 rings (SSSR count). The summed E-state index contributed by atoms with van der Waals surface area (Å²) in [5, 5.41) is 9.41. The first-order valence-electron chi connectivity index (χ1n) is 5.94. The predicted octanol–water partition coefficient (Wildman–Crippen LogP) is 3.55. The van der Waals surface area contributed by atoms with Crippen LogP contribution in [-0.4, -0.2) is 23.1 Å². The number of carboxylic acid groups (broad SMARTS) is 1. The van der Waals surface area contributed by atoms with E-state index in [2.05, 4.69) is 6.26 Å². The van der Waals surface area contributed by atoms with Crippen LogP contribution >= 0.6 is 11.8 Å². The Kier molecular flexibility index (Phi) is 5.51. The summed E-state index contributed by atoms with van der Waals surface area (Å²) >= 11 is 1.81. The smallest absolute Gasteiger partial charge is 0.309 e. The maximum Gasteiger partial charge on any atom is 0.309 e. The molecule has 0 bridgehead atoms. The number of rotatable bonds is 5. The lowest BCUT2D eigenvalue weighted by atomic mass is 9.77. The molecule has 0 atom stereocenters. The maximum absolute atomic E-state index is 11.4. The molecular formula is C12H22O2S. The van der Waals surface area contributed by atoms with Gasteiger partial charge in [-0.05, 0) is 37.7 Å². The highest BCUT2D eigenvalue weighted by atomic mass is 32.2. The Morgan fingerprint density at radius 2 is 1.87 bits per heavy atom. The predicted molar refractivity (Wildman–Crippen MR) is 65.4 cm³/mol. The van der Waals surface area contributed by atoms with Crippen LogP contribution in [0, 0.1) is 5.41 Å². The minimum Gasteiger partial charge on any atom is -0.481 e. The third-order valence-electron chi connectivity index (χ3n) is 3.52. The molecule has 1 saturated carbocycles. The zero-order chi connectivity index (χ0) is 11.1. The van der Waals surface area contributed by atoms with E-state index >= 15 is 0 Å². The lowest BCUT2D eigenvalue weighted by Crippen LogP contribution is -2.30. The topological polar surface area (TPSA) is 37.3 Å². The van der Waals surface area contributed by atoms with Crippen LogP contribution in [0.2, 0.25) is 0 Å². The molecular weight excluding hydrogens is 208 g/mol. The SMILES string of the molecule is CSCCCC1(C(=O)O)CCCCCC1. The summed E-state index contributed by atoms with van der Waals surface area (Å²) in [4.78, 5) is 11.4. The highest BCUT2D eigenvalue weighted by molar-refractivity contribution is 7.98. The zero-order valence-electron chi connectivity index (χ0n) is 9.63. The minimum absolute atomic E-state index is 0.383. The standard InChI is InChI=1S/C12H22O2S/c1-15-10-6-9-12(11(13)14)7-4-2-3-5-8-12/h2-10H2,1H3,(H,13,14). The van der Waals surface area contributed by atoms with Crippen molar-refractivity contribution < 1.29 is 9.90 Å². The van der Waals surface area contributed by atoms with Crippen molar-refractivity contribution in [2.24, 2.45) is 5.41 Å². The fourth-order valence-corrected chi connectivity index (χ4v) is 2.96. The van der Waals surface area contributed by atoms with Crippen LogP contribution in [-0.2, 0) is 4.79 Å². The van der Waals surface area contributed by atoms with Gasteiger partial charge < -0.3 is 5.11 Å². The average Bonchev–Trinajstić information content (AvgIpc) is 2.45. The van der Waals surface area contributed by atoms with Gasteiger partial charge in [-0.3, -0.25) is 4.79 Å². The van der Waals surface area contributed by atoms with Crippen molar-refractivity contribution in [2.45, 2.75) is 51.4 Å². The molecule has 2 nitrogen and oxygen atoms in total. The van der Waals surface area contributed by atoms with Crippen LogP contribution in [0.4, 0.5) is 0 Å². The molecule has 1 fully saturated rings. The monoisotopic (exact) mass is 230 g/mol. The summed E-state index contributed by atoms with van der Waals surface area (Å²) < 4.78 is 0. The van der Waals surface area contributed by atoms with Gasteiger partial charge in [0, 0.05) is 0 Å². The molecule has 0 aromatic carbocycles. The highest BCUT2D eigenvalue weighted by Crippen LogP contribution is 2.39. The first-order chi connectivity index (χ1) is 7.21. The number of carbonyl (C=O) groups is 1. The van der Waals surface area contributed by atoms with Gasteiger partial charge in [-0.25, -0.2) is 0 Å². The number of hydrogen-bond donors (Lipinski definition) is 1. The molecule has 15 heavy (non-hydrogen) atoms. The lowest BCUT2D eigenvalue weighted by Gasteiger charge is -2.27. The molecule has 0 aliphatic heterocycles. The Morgan fingerprint density at radius 3 is 2.33 bits per heavy atom. The molecule has 0 amide bonds. The fraction of sp³-hybridized carbons (Fsp3) is 0.917. The van der Waals surface area contributed by atoms with Crippen LogP contribution < -0.4 is 0 Å². The van der Waals surface area contributed by atoms with Crippen molar-refractivity contribution in [3.63, 3.8) is 0 Å². The van der Waals surface area contributed by atoms with Crippen LogP contribution in [0.3, 0.4) is 0 Å². The van der Waals surface area contributed by atoms with Crippen LogP contribution in [0.15, 0.2) is 0 Å². The van der Waals surface area contributed by atoms with Crippen molar-refractivity contribution in [3.8, 4) is 0 Å². The number of thioether (sulfide) groups is 1. The van der Waals surface area contributed by atoms with E-state index < -0.39 is 5.97 Å². The molecule has 1 aliphatic rings. The largest absolute Gasteiger partial charge is 0.481 e. The molecule has 3 heteroatoms. The Morgan fingerprint density at radius 1 is 1.27 bits per heavy atom. The molecule has 0 saturated heterocycles. The van der Waals surface area contributed by atoms with E-state index in [4.69, 9.17) is 0 Å². The summed E-state index contributed by atoms with van der Waals surface area (Å²) in [6, 6.07) is 0. The van der Waals surface area contributed by atoms with E-state index in [1.54, 1.807) is 0 Å². The minimum atomic E-state index is -0.550. The van der Waals surface area contributed by atoms with E-state index in [9.17, 15) is 9.90 Å². The number of hydrogen-bond acceptors (Lipinski definition) is 2. The Labute approximate surface area is 96.8 Å². The quantitative estimate of drug-likeness (QED) is 0.579. The van der Waals surface area contributed by atoms with Gasteiger partial charge in [-0.1, -0.05) is 25.7 Å². The van der Waals surface area contributed by atoms with Crippen LogP contribution in [0.5, 0.6) is 0 Å². The second-order valence-electron chi connectivity index (χ2n) is 4.60. The summed E-state index contributed by atoms with van der Waals surface area (Å²) in [5.74, 6) is 0.542. The number of carboxylic acids is 1. The van der Waals surface area contributed by atoms with Gasteiger partial charge in [-0.15, -0.1) is 0 Å². The van der Waals surface area contributed by atoms with Crippen LogP contribution in [0.25, 0.3) is 0 Å². The van der Waals surface area contributed by atoms with Gasteiger partial charge in [0.05, 0.1) is 5.41 Å². The van der Waals surface area contributed by atoms with Crippen LogP contribution in [0.1, 0.15) is 51.4 Å². The summed E-state index contributed by atoms with van der Waals surface area (Å²) in [7, 11) is 0. The van der Waals surface area contributed by atoms with Crippen molar-refractivity contribution >= 4 is 17.7 Å². The molecule has 1 aliphatic carbocycles. The molecule has 88 valence electrons. The van der Waals surface area contributed by atoms with Crippen molar-refractivity contribution in [1.82, 2.24) is 0 Å². The Bertz CT molecular complexity index is 196. The van der Waals surface area contributed by atoms with Gasteiger partial charge >= 0.3 is 5.97 Å². The van der Waals surface area contributed by atoms with Crippen molar-refractivity contribution in [2.75, 3.05) is 12.0 Å². The van der Waals surface area contributed by atoms with Gasteiger partial charge in [0.2, 0.25) is 0 Å². The molecule has 0 unspecified atom stereocenters. The van der Waals surface area contributed by atoms with E-state index in [1.807, 2.05) is 11.8 Å². The van der Waals surface area contributed by atoms with E-state index in [-0.39, 0.29) is 5.41 Å². The van der Waals surface area contributed by atoms with Gasteiger partial charge in [0.25, 0.3) is 0 Å². The molecule has 0 heterocycles. The fourth-order valence-electron chi connectivity index (χ4n) is 2.53. The molecule has 1 N–H and O–H groups in total. The third-order valence-corrected chi connectivity index (χ3v) is 4.22. The van der Waals surface area contributed by atoms with E-state index in [0.29, 0.717) is 0 Å². The second kappa shape index (κ2) is 6.41. The average molecular weight is 230 g/mol. The molecule has 0 aromatic heterocycles. The third kappa shape index (κ3) is 3.71. The van der Waals surface area contributed by atoms with Gasteiger partial charge in [0.15, 0.2) is 0 Å². The van der Waals surface area contributed by atoms with Crippen molar-refractivity contribution in [1.29, 1.82) is 0 Å². The summed E-state index contributed by atoms with van der Waals surface area (Å²) in [6.07, 6.45) is 10.5. The number of aliphatic carboxylic acids is 1. The maximum atomic E-state index is 11.4. The zero-order valence-corrected chi connectivity index (χ0v) is 10.4. The highest BCUT2D eigenvalue weighted by Gasteiger charge is 2.37. The first kappa shape index (κ1) is 12.9. The van der Waals surface area contributed by atoms with E-state index in [0.717, 1.165) is 44.3 Å².